The molecule has 0 N–H and O–H groups in total. The van der Waals surface area contributed by atoms with Crippen LogP contribution < -0.4 is 0 Å². The van der Waals surface area contributed by atoms with Crippen molar-refractivity contribution >= 4 is 23.0 Å². The maximum absolute atomic E-state index is 11.0. The van der Waals surface area contributed by atoms with Gasteiger partial charge in [0.15, 0.2) is 0 Å². The van der Waals surface area contributed by atoms with Crippen molar-refractivity contribution in [3.63, 3.8) is 0 Å². The van der Waals surface area contributed by atoms with Gasteiger partial charge in [-0.1, -0.05) is 17.7 Å². The Hall–Kier alpha value is -1.62. The Morgan fingerprint density at radius 3 is 2.57 bits per heavy atom. The van der Waals surface area contributed by atoms with Crippen LogP contribution in [0.4, 0.5) is 5.69 Å². The van der Waals surface area contributed by atoms with Crippen molar-refractivity contribution in [2.45, 2.75) is 52.1 Å². The van der Waals surface area contributed by atoms with Gasteiger partial charge in [-0.2, -0.15) is 5.10 Å². The highest BCUT2D eigenvalue weighted by molar-refractivity contribution is 6.32. The predicted molar refractivity (Wildman–Crippen MR) is 84.9 cm³/mol. The highest BCUT2D eigenvalue weighted by Crippen LogP contribution is 2.27. The average Bonchev–Trinajstić information content (AvgIpc) is 2.43. The van der Waals surface area contributed by atoms with Crippen molar-refractivity contribution in [1.82, 2.24) is 5.01 Å². The van der Waals surface area contributed by atoms with E-state index in [1.54, 1.807) is 12.1 Å². The Morgan fingerprint density at radius 2 is 2.00 bits per heavy atom. The van der Waals surface area contributed by atoms with Gasteiger partial charge in [-0.3, -0.25) is 15.1 Å². The minimum atomic E-state index is -0.467. The maximum atomic E-state index is 11.0. The van der Waals surface area contributed by atoms with E-state index in [1.807, 2.05) is 6.92 Å². The molecule has 1 saturated heterocycles. The standard InChI is InChI=1S/C15H20ClN3O2/c1-10-5-4-6-11(2)18(10)17-12(3)13-7-8-14(16)15(9-13)19(20)21/h7-11H,4-6H2,1-3H3/b17-12+. The van der Waals surface area contributed by atoms with Crippen LogP contribution >= 0.6 is 11.6 Å². The summed E-state index contributed by atoms with van der Waals surface area (Å²) in [7, 11) is 0. The molecule has 0 bridgehead atoms. The number of piperidine rings is 1. The van der Waals surface area contributed by atoms with Crippen LogP contribution in [-0.2, 0) is 0 Å². The van der Waals surface area contributed by atoms with Gasteiger partial charge in [-0.05, 0) is 46.1 Å². The summed E-state index contributed by atoms with van der Waals surface area (Å²) >= 11 is 5.84. The van der Waals surface area contributed by atoms with E-state index in [4.69, 9.17) is 11.6 Å². The second kappa shape index (κ2) is 6.43. The minimum absolute atomic E-state index is 0.0801. The fraction of sp³-hybridized carbons (Fsp3) is 0.533. The van der Waals surface area contributed by atoms with Crippen LogP contribution in [0, 0.1) is 10.1 Å². The number of benzene rings is 1. The monoisotopic (exact) mass is 309 g/mol. The van der Waals surface area contributed by atoms with E-state index < -0.39 is 4.92 Å². The quantitative estimate of drug-likeness (QED) is 0.477. The first-order valence-electron chi connectivity index (χ1n) is 7.18. The molecule has 1 fully saturated rings. The summed E-state index contributed by atoms with van der Waals surface area (Å²) in [4.78, 5) is 10.5. The van der Waals surface area contributed by atoms with Crippen LogP contribution in [0.3, 0.4) is 0 Å². The molecule has 0 saturated carbocycles. The molecule has 2 rings (SSSR count). The molecule has 1 aromatic carbocycles. The Morgan fingerprint density at radius 1 is 1.38 bits per heavy atom. The summed E-state index contributed by atoms with van der Waals surface area (Å²) in [5, 5.41) is 17.9. The third-order valence-electron chi connectivity index (χ3n) is 3.97. The Bertz CT molecular complexity index is 564. The van der Waals surface area contributed by atoms with Gasteiger partial charge >= 0.3 is 0 Å². The molecule has 1 heterocycles. The summed E-state index contributed by atoms with van der Waals surface area (Å²) < 4.78 is 0. The molecule has 6 heteroatoms. The number of hydrogen-bond acceptors (Lipinski definition) is 4. The number of hydrazone groups is 1. The zero-order valence-electron chi connectivity index (χ0n) is 12.5. The van der Waals surface area contributed by atoms with E-state index in [0.717, 1.165) is 24.1 Å². The lowest BCUT2D eigenvalue weighted by Crippen LogP contribution is -2.40. The third kappa shape index (κ3) is 3.53. The van der Waals surface area contributed by atoms with Crippen LogP contribution in [0.1, 0.15) is 45.6 Å². The highest BCUT2D eigenvalue weighted by atomic mass is 35.5. The molecule has 0 aliphatic carbocycles. The summed E-state index contributed by atoms with van der Waals surface area (Å²) in [6.07, 6.45) is 3.48. The van der Waals surface area contributed by atoms with E-state index in [9.17, 15) is 10.1 Å². The van der Waals surface area contributed by atoms with Gasteiger partial charge in [0.25, 0.3) is 5.69 Å². The van der Waals surface area contributed by atoms with E-state index >= 15 is 0 Å². The lowest BCUT2D eigenvalue weighted by atomic mass is 10.00. The van der Waals surface area contributed by atoms with Crippen molar-refractivity contribution in [2.24, 2.45) is 5.10 Å². The molecule has 0 radical (unpaired) electrons. The van der Waals surface area contributed by atoms with Gasteiger partial charge in [-0.25, -0.2) is 0 Å². The molecule has 1 aliphatic heterocycles. The summed E-state index contributed by atoms with van der Waals surface area (Å²) in [5.74, 6) is 0. The fourth-order valence-electron chi connectivity index (χ4n) is 2.71. The van der Waals surface area contributed by atoms with Crippen molar-refractivity contribution in [1.29, 1.82) is 0 Å². The van der Waals surface area contributed by atoms with Crippen LogP contribution in [0.25, 0.3) is 0 Å². The van der Waals surface area contributed by atoms with Gasteiger partial charge in [0.05, 0.1) is 10.6 Å². The second-order valence-electron chi connectivity index (χ2n) is 5.62. The molecular weight excluding hydrogens is 290 g/mol. The smallest absolute Gasteiger partial charge is 0.288 e. The summed E-state index contributed by atoms with van der Waals surface area (Å²) in [6.45, 7) is 6.20. The lowest BCUT2D eigenvalue weighted by molar-refractivity contribution is -0.384. The number of rotatable bonds is 3. The zero-order valence-corrected chi connectivity index (χ0v) is 13.3. The number of nitrogens with zero attached hydrogens (tertiary/aromatic N) is 3. The first-order valence-corrected chi connectivity index (χ1v) is 7.55. The number of nitro benzene ring substituents is 1. The van der Waals surface area contributed by atoms with Crippen LogP contribution in [0.15, 0.2) is 23.3 Å². The average molecular weight is 310 g/mol. The van der Waals surface area contributed by atoms with Gasteiger partial charge in [-0.15, -0.1) is 0 Å². The third-order valence-corrected chi connectivity index (χ3v) is 4.29. The summed E-state index contributed by atoms with van der Waals surface area (Å²) in [5.41, 5.74) is 1.43. The predicted octanol–water partition coefficient (Wildman–Crippen LogP) is 4.24. The highest BCUT2D eigenvalue weighted by Gasteiger charge is 2.23. The Balaban J connectivity index is 2.30. The van der Waals surface area contributed by atoms with Gasteiger partial charge in [0.1, 0.15) is 5.02 Å². The number of halogens is 1. The number of hydrogen-bond donors (Lipinski definition) is 0. The van der Waals surface area contributed by atoms with Crippen LogP contribution in [0.5, 0.6) is 0 Å². The molecule has 21 heavy (non-hydrogen) atoms. The fourth-order valence-corrected chi connectivity index (χ4v) is 2.90. The lowest BCUT2D eigenvalue weighted by Gasteiger charge is -2.37. The van der Waals surface area contributed by atoms with Crippen molar-refractivity contribution < 1.29 is 4.92 Å². The SMILES string of the molecule is C/C(=N\N1C(C)CCCC1C)c1ccc(Cl)c([N+](=O)[O-])c1. The first kappa shape index (κ1) is 15.8. The van der Waals surface area contributed by atoms with Gasteiger partial charge in [0.2, 0.25) is 0 Å². The van der Waals surface area contributed by atoms with Crippen molar-refractivity contribution in [3.8, 4) is 0 Å². The number of nitro groups is 1. The molecule has 0 aromatic heterocycles. The van der Waals surface area contributed by atoms with Gasteiger partial charge < -0.3 is 0 Å². The van der Waals surface area contributed by atoms with Crippen molar-refractivity contribution in [2.75, 3.05) is 0 Å². The molecule has 0 amide bonds. The largest absolute Gasteiger partial charge is 0.291 e. The van der Waals surface area contributed by atoms with E-state index in [2.05, 4.69) is 24.0 Å². The molecule has 5 nitrogen and oxygen atoms in total. The van der Waals surface area contributed by atoms with E-state index in [-0.39, 0.29) is 10.7 Å². The molecule has 1 aromatic rings. The second-order valence-corrected chi connectivity index (χ2v) is 6.02. The molecular formula is C15H20ClN3O2. The normalized spacial score (nSPS) is 23.2. The molecule has 2 atom stereocenters. The van der Waals surface area contributed by atoms with Crippen molar-refractivity contribution in [3.05, 3.63) is 38.9 Å². The maximum Gasteiger partial charge on any atom is 0.288 e. The Labute approximate surface area is 129 Å². The molecule has 1 aliphatic rings. The van der Waals surface area contributed by atoms with Crippen LogP contribution in [-0.4, -0.2) is 27.7 Å². The van der Waals surface area contributed by atoms with E-state index in [0.29, 0.717) is 12.1 Å². The van der Waals surface area contributed by atoms with Crippen LogP contribution in [0.2, 0.25) is 5.02 Å². The molecule has 2 unspecified atom stereocenters. The van der Waals surface area contributed by atoms with Gasteiger partial charge in [0, 0.05) is 23.7 Å². The molecule has 114 valence electrons. The molecule has 0 spiro atoms. The topological polar surface area (TPSA) is 58.7 Å². The Kier molecular flexibility index (Phi) is 4.83. The first-order chi connectivity index (χ1) is 9.90. The zero-order chi connectivity index (χ0) is 15.6. The van der Waals surface area contributed by atoms with E-state index in [1.165, 1.54) is 12.5 Å². The minimum Gasteiger partial charge on any atom is -0.291 e. The summed E-state index contributed by atoms with van der Waals surface area (Å²) in [6, 6.07) is 5.60.